The summed E-state index contributed by atoms with van der Waals surface area (Å²) >= 11 is 0. The molecule has 0 saturated carbocycles. The number of hydrogen-bond acceptors (Lipinski definition) is 0. The maximum Gasteiger partial charge on any atom is 0.0719 e. The zero-order chi connectivity index (χ0) is 25.1. The van der Waals surface area contributed by atoms with Crippen LogP contribution < -0.4 is 0 Å². The molecule has 5 aromatic rings. The van der Waals surface area contributed by atoms with Crippen LogP contribution in [0.4, 0.5) is 0 Å². The Morgan fingerprint density at radius 2 is 1.19 bits per heavy atom. The smallest absolute Gasteiger partial charge is 0.0620 e. The molecule has 0 saturated heterocycles. The van der Waals surface area contributed by atoms with Crippen molar-refractivity contribution < 1.29 is 0 Å². The minimum atomic E-state index is -0.277. The van der Waals surface area contributed by atoms with Crippen LogP contribution >= 0.6 is 0 Å². The highest BCUT2D eigenvalue weighted by Gasteiger charge is 2.49. The van der Waals surface area contributed by atoms with Crippen molar-refractivity contribution >= 4 is 0 Å². The van der Waals surface area contributed by atoms with Crippen molar-refractivity contribution in [2.24, 2.45) is 0 Å². The molecular weight excluding hydrogens is 444 g/mol. The lowest BCUT2D eigenvalue weighted by Gasteiger charge is -2.40. The number of hydrogen-bond donors (Lipinski definition) is 0. The van der Waals surface area contributed by atoms with Crippen LogP contribution in [-0.2, 0) is 24.7 Å². The summed E-state index contributed by atoms with van der Waals surface area (Å²) in [7, 11) is 0. The largest absolute Gasteiger partial charge is 0.0719 e. The number of rotatable bonds is 3. The minimum absolute atomic E-state index is 0.277. The molecule has 0 unspecified atom stereocenters. The molecule has 0 aliphatic heterocycles. The second kappa shape index (κ2) is 8.32. The summed E-state index contributed by atoms with van der Waals surface area (Å²) in [4.78, 5) is 0. The molecule has 0 bridgehead atoms. The zero-order valence-electron chi connectivity index (χ0n) is 21.9. The SMILES string of the molecule is CCc1ccc2c(c1)-c1ccc(Cc3cc(C)cc(C)c3)cc1C21c2ccccc2Cc2ccccc21. The van der Waals surface area contributed by atoms with Crippen LogP contribution in [0.25, 0.3) is 11.1 Å². The zero-order valence-corrected chi connectivity index (χ0v) is 21.9. The first-order valence-electron chi connectivity index (χ1n) is 13.6. The van der Waals surface area contributed by atoms with Crippen molar-refractivity contribution in [3.8, 4) is 11.1 Å². The predicted octanol–water partition coefficient (Wildman–Crippen LogP) is 8.72. The van der Waals surface area contributed by atoms with Crippen molar-refractivity contribution in [2.75, 3.05) is 0 Å². The van der Waals surface area contributed by atoms with Crippen LogP contribution in [-0.4, -0.2) is 0 Å². The highest BCUT2D eigenvalue weighted by molar-refractivity contribution is 5.88. The third-order valence-corrected chi connectivity index (χ3v) is 8.59. The normalized spacial score (nSPS) is 14.1. The number of aryl methyl sites for hydroxylation is 3. The van der Waals surface area contributed by atoms with Crippen LogP contribution in [0.5, 0.6) is 0 Å². The Morgan fingerprint density at radius 1 is 0.541 bits per heavy atom. The van der Waals surface area contributed by atoms with Gasteiger partial charge in [0.1, 0.15) is 0 Å². The molecule has 0 nitrogen and oxygen atoms in total. The van der Waals surface area contributed by atoms with Gasteiger partial charge in [-0.15, -0.1) is 0 Å². The number of fused-ring (bicyclic) bond motifs is 9. The Balaban J connectivity index is 1.53. The number of benzene rings is 5. The van der Waals surface area contributed by atoms with E-state index < -0.39 is 0 Å². The van der Waals surface area contributed by atoms with E-state index in [1.807, 2.05) is 0 Å². The summed E-state index contributed by atoms with van der Waals surface area (Å²) in [5.41, 5.74) is 18.0. The maximum absolute atomic E-state index is 2.53. The van der Waals surface area contributed by atoms with E-state index in [9.17, 15) is 0 Å². The molecule has 1 spiro atoms. The summed E-state index contributed by atoms with van der Waals surface area (Å²) in [6.45, 7) is 6.66. The first-order chi connectivity index (χ1) is 18.1. The van der Waals surface area contributed by atoms with Gasteiger partial charge in [-0.2, -0.15) is 0 Å². The van der Waals surface area contributed by atoms with Crippen LogP contribution in [0.2, 0.25) is 0 Å². The van der Waals surface area contributed by atoms with Crippen molar-refractivity contribution in [3.63, 3.8) is 0 Å². The first-order valence-corrected chi connectivity index (χ1v) is 13.6. The summed E-state index contributed by atoms with van der Waals surface area (Å²) < 4.78 is 0. The Bertz CT molecular complexity index is 1620. The van der Waals surface area contributed by atoms with E-state index in [1.165, 1.54) is 72.3 Å². The molecule has 0 radical (unpaired) electrons. The van der Waals surface area contributed by atoms with Gasteiger partial charge in [-0.3, -0.25) is 0 Å². The van der Waals surface area contributed by atoms with Crippen LogP contribution in [0, 0.1) is 13.8 Å². The quantitative estimate of drug-likeness (QED) is 0.239. The van der Waals surface area contributed by atoms with E-state index in [0.717, 1.165) is 19.3 Å². The van der Waals surface area contributed by atoms with Gasteiger partial charge in [0.05, 0.1) is 5.41 Å². The second-order valence-electron chi connectivity index (χ2n) is 11.0. The highest BCUT2D eigenvalue weighted by atomic mass is 14.5. The molecule has 0 atom stereocenters. The third-order valence-electron chi connectivity index (χ3n) is 8.59. The van der Waals surface area contributed by atoms with E-state index in [4.69, 9.17) is 0 Å². The van der Waals surface area contributed by atoms with E-state index in [1.54, 1.807) is 0 Å². The summed E-state index contributed by atoms with van der Waals surface area (Å²) in [5, 5.41) is 0. The van der Waals surface area contributed by atoms with Crippen molar-refractivity contribution in [3.05, 3.63) is 164 Å². The molecule has 2 aliphatic rings. The van der Waals surface area contributed by atoms with Gasteiger partial charge in [0, 0.05) is 0 Å². The lowest BCUT2D eigenvalue weighted by Crippen LogP contribution is -2.34. The van der Waals surface area contributed by atoms with Gasteiger partial charge < -0.3 is 0 Å². The molecule has 37 heavy (non-hydrogen) atoms. The van der Waals surface area contributed by atoms with Gasteiger partial charge in [0.25, 0.3) is 0 Å². The van der Waals surface area contributed by atoms with E-state index in [-0.39, 0.29) is 5.41 Å². The van der Waals surface area contributed by atoms with Crippen LogP contribution in [0.15, 0.2) is 103 Å². The van der Waals surface area contributed by atoms with Crippen molar-refractivity contribution in [2.45, 2.75) is 45.4 Å². The fourth-order valence-corrected chi connectivity index (χ4v) is 7.17. The van der Waals surface area contributed by atoms with Crippen molar-refractivity contribution in [1.82, 2.24) is 0 Å². The van der Waals surface area contributed by atoms with Crippen LogP contribution in [0.3, 0.4) is 0 Å². The average Bonchev–Trinajstić information content (AvgIpc) is 3.18. The van der Waals surface area contributed by atoms with E-state index in [2.05, 4.69) is 124 Å². The fraction of sp³-hybridized carbons (Fsp3) is 0.189. The lowest BCUT2D eigenvalue weighted by molar-refractivity contribution is 0.720. The summed E-state index contributed by atoms with van der Waals surface area (Å²) in [5.74, 6) is 0. The molecule has 180 valence electrons. The molecule has 0 heteroatoms. The monoisotopic (exact) mass is 476 g/mol. The van der Waals surface area contributed by atoms with E-state index >= 15 is 0 Å². The molecular formula is C37H32. The molecule has 2 aliphatic carbocycles. The molecule has 0 amide bonds. The standard InChI is InChI=1S/C37H32/c1-4-26-14-16-35-32(21-26)31-15-13-27(20-28-18-24(2)17-25(3)19-28)22-36(31)37(35)33-11-7-5-9-29(33)23-30-10-6-8-12-34(30)37/h5-19,21-22H,4,20,23H2,1-3H3. The van der Waals surface area contributed by atoms with Crippen molar-refractivity contribution in [1.29, 1.82) is 0 Å². The molecule has 7 rings (SSSR count). The first kappa shape index (κ1) is 22.3. The van der Waals surface area contributed by atoms with Gasteiger partial charge in [-0.25, -0.2) is 0 Å². The maximum atomic E-state index is 2.53. The highest BCUT2D eigenvalue weighted by Crippen LogP contribution is 2.59. The molecule has 0 N–H and O–H groups in total. The Labute approximate surface area is 220 Å². The molecule has 0 heterocycles. The van der Waals surface area contributed by atoms with Gasteiger partial charge in [-0.1, -0.05) is 121 Å². The second-order valence-corrected chi connectivity index (χ2v) is 11.0. The summed E-state index contributed by atoms with van der Waals surface area (Å²) in [6.07, 6.45) is 2.99. The fourth-order valence-electron chi connectivity index (χ4n) is 7.17. The Kier molecular flexibility index (Phi) is 5.01. The van der Waals surface area contributed by atoms with Gasteiger partial charge >= 0.3 is 0 Å². The molecule has 5 aromatic carbocycles. The van der Waals surface area contributed by atoms with Crippen LogP contribution in [0.1, 0.15) is 68.1 Å². The predicted molar refractivity (Wildman–Crippen MR) is 155 cm³/mol. The molecule has 0 aromatic heterocycles. The summed E-state index contributed by atoms with van der Waals surface area (Å²) in [6, 6.07) is 39.8. The topological polar surface area (TPSA) is 0 Å². The lowest BCUT2D eigenvalue weighted by atomic mass is 9.61. The van der Waals surface area contributed by atoms with Gasteiger partial charge in [0.2, 0.25) is 0 Å². The third kappa shape index (κ3) is 3.28. The molecule has 0 fully saturated rings. The van der Waals surface area contributed by atoms with Gasteiger partial charge in [0.15, 0.2) is 0 Å². The van der Waals surface area contributed by atoms with E-state index in [0.29, 0.717) is 0 Å². The van der Waals surface area contributed by atoms with Gasteiger partial charge in [-0.05, 0) is 94.3 Å². The Hall–Kier alpha value is -3.90. The Morgan fingerprint density at radius 3 is 1.86 bits per heavy atom. The average molecular weight is 477 g/mol. The minimum Gasteiger partial charge on any atom is -0.0620 e.